The van der Waals surface area contributed by atoms with Crippen LogP contribution in [0.2, 0.25) is 0 Å². The zero-order valence-electron chi connectivity index (χ0n) is 9.35. The van der Waals surface area contributed by atoms with Crippen LogP contribution in [0.25, 0.3) is 0 Å². The third kappa shape index (κ3) is 1.94. The molecule has 1 amide bonds. The molecule has 1 heterocycles. The van der Waals surface area contributed by atoms with E-state index in [4.69, 9.17) is 10.5 Å². The van der Waals surface area contributed by atoms with Crippen LogP contribution in [0.5, 0.6) is 0 Å². The molecule has 1 fully saturated rings. The summed E-state index contributed by atoms with van der Waals surface area (Å²) in [7, 11) is 1.67. The van der Waals surface area contributed by atoms with E-state index < -0.39 is 0 Å². The van der Waals surface area contributed by atoms with Crippen molar-refractivity contribution in [2.45, 2.75) is 12.5 Å². The monoisotopic (exact) mass is 220 g/mol. The number of hydrogen-bond donors (Lipinski definition) is 1. The van der Waals surface area contributed by atoms with Crippen molar-refractivity contribution in [2.24, 2.45) is 5.73 Å². The Morgan fingerprint density at radius 1 is 1.50 bits per heavy atom. The summed E-state index contributed by atoms with van der Waals surface area (Å²) in [6.07, 6.45) is 0.811. The minimum Gasteiger partial charge on any atom is -0.384 e. The fourth-order valence-electron chi connectivity index (χ4n) is 1.87. The molecule has 4 heteroatoms. The van der Waals surface area contributed by atoms with Crippen LogP contribution in [0.1, 0.15) is 5.56 Å². The first kappa shape index (κ1) is 11.1. The number of hydrogen-bond acceptors (Lipinski definition) is 3. The summed E-state index contributed by atoms with van der Waals surface area (Å²) >= 11 is 0. The molecule has 1 aromatic carbocycles. The first-order valence-electron chi connectivity index (χ1n) is 5.38. The number of nitrogens with two attached hydrogens (primary N) is 1. The van der Waals surface area contributed by atoms with Crippen molar-refractivity contribution < 1.29 is 9.53 Å². The molecule has 0 aliphatic carbocycles. The van der Waals surface area contributed by atoms with Crippen LogP contribution >= 0.6 is 0 Å². The molecule has 1 aliphatic rings. The molecular formula is C12H16N2O2. The van der Waals surface area contributed by atoms with E-state index in [9.17, 15) is 4.79 Å². The number of rotatable bonds is 4. The van der Waals surface area contributed by atoms with E-state index in [0.717, 1.165) is 17.7 Å². The summed E-state index contributed by atoms with van der Waals surface area (Å²) in [5, 5.41) is 0. The summed E-state index contributed by atoms with van der Waals surface area (Å²) < 4.78 is 5.05. The van der Waals surface area contributed by atoms with Crippen LogP contribution in [0.4, 0.5) is 5.69 Å². The number of methoxy groups -OCH3 is 1. The summed E-state index contributed by atoms with van der Waals surface area (Å²) in [6.45, 7) is 1.27. The number of ether oxygens (including phenoxy) is 1. The molecule has 2 rings (SSSR count). The van der Waals surface area contributed by atoms with Crippen molar-refractivity contribution >= 4 is 11.6 Å². The number of β-lactam (4-membered cyclic amide) rings is 1. The Morgan fingerprint density at radius 3 is 2.88 bits per heavy atom. The van der Waals surface area contributed by atoms with Gasteiger partial charge in [0.15, 0.2) is 0 Å². The van der Waals surface area contributed by atoms with E-state index in [-0.39, 0.29) is 11.9 Å². The molecular weight excluding hydrogens is 204 g/mol. The smallest absolute Gasteiger partial charge is 0.245 e. The quantitative estimate of drug-likeness (QED) is 0.754. The summed E-state index contributed by atoms with van der Waals surface area (Å²) in [6, 6.07) is 7.55. The number of carbonyl (C=O) groups excluding carboxylic acids is 1. The maximum atomic E-state index is 11.6. The zero-order chi connectivity index (χ0) is 11.5. The number of nitrogens with zero attached hydrogens (tertiary/aromatic N) is 1. The van der Waals surface area contributed by atoms with Crippen molar-refractivity contribution in [1.29, 1.82) is 0 Å². The van der Waals surface area contributed by atoms with E-state index in [1.54, 1.807) is 12.0 Å². The highest BCUT2D eigenvalue weighted by Gasteiger charge is 2.35. The molecule has 4 nitrogen and oxygen atoms in total. The molecule has 2 N–H and O–H groups in total. The maximum Gasteiger partial charge on any atom is 0.245 e. The molecule has 1 aliphatic heterocycles. The zero-order valence-corrected chi connectivity index (χ0v) is 9.35. The summed E-state index contributed by atoms with van der Waals surface area (Å²) in [5.74, 6) is 0.00451. The average Bonchev–Trinajstić information content (AvgIpc) is 2.33. The molecule has 0 bridgehead atoms. The number of benzene rings is 1. The second kappa shape index (κ2) is 4.63. The van der Waals surface area contributed by atoms with Gasteiger partial charge in [-0.15, -0.1) is 0 Å². The van der Waals surface area contributed by atoms with Crippen molar-refractivity contribution in [3.8, 4) is 0 Å². The third-order valence-electron chi connectivity index (χ3n) is 2.82. The van der Waals surface area contributed by atoms with Gasteiger partial charge in [0.1, 0.15) is 6.04 Å². The lowest BCUT2D eigenvalue weighted by molar-refractivity contribution is -0.123. The molecule has 86 valence electrons. The Hall–Kier alpha value is -1.39. The van der Waals surface area contributed by atoms with E-state index in [2.05, 4.69) is 0 Å². The van der Waals surface area contributed by atoms with Gasteiger partial charge in [-0.2, -0.15) is 0 Å². The van der Waals surface area contributed by atoms with Gasteiger partial charge in [0.25, 0.3) is 0 Å². The number of carbonyl (C=O) groups is 1. The van der Waals surface area contributed by atoms with Gasteiger partial charge in [0.05, 0.1) is 13.2 Å². The normalized spacial score (nSPS) is 19.8. The Morgan fingerprint density at radius 2 is 2.25 bits per heavy atom. The van der Waals surface area contributed by atoms with Crippen LogP contribution in [0.3, 0.4) is 0 Å². The second-order valence-corrected chi connectivity index (χ2v) is 3.93. The Labute approximate surface area is 95.0 Å². The standard InChI is InChI=1S/C12H16N2O2/c1-16-7-6-9-4-2-3-5-11(9)14-8-10(13)12(14)15/h2-5,10H,6-8,13H2,1H3. The maximum absolute atomic E-state index is 11.6. The van der Waals surface area contributed by atoms with Crippen LogP contribution in [-0.4, -0.2) is 32.2 Å². The highest BCUT2D eigenvalue weighted by Crippen LogP contribution is 2.25. The number of amides is 1. The predicted molar refractivity (Wildman–Crippen MR) is 62.4 cm³/mol. The van der Waals surface area contributed by atoms with Crippen LogP contribution in [0.15, 0.2) is 24.3 Å². The van der Waals surface area contributed by atoms with Gasteiger partial charge in [0.2, 0.25) is 5.91 Å². The first-order valence-corrected chi connectivity index (χ1v) is 5.38. The molecule has 0 aromatic heterocycles. The van der Waals surface area contributed by atoms with Crippen molar-refractivity contribution in [3.63, 3.8) is 0 Å². The lowest BCUT2D eigenvalue weighted by Crippen LogP contribution is -2.61. The molecule has 0 spiro atoms. The molecule has 16 heavy (non-hydrogen) atoms. The van der Waals surface area contributed by atoms with Crippen molar-refractivity contribution in [2.75, 3.05) is 25.2 Å². The fraction of sp³-hybridized carbons (Fsp3) is 0.417. The largest absolute Gasteiger partial charge is 0.384 e. The summed E-state index contributed by atoms with van der Waals surface area (Å²) in [5.41, 5.74) is 7.68. The fourth-order valence-corrected chi connectivity index (χ4v) is 1.87. The van der Waals surface area contributed by atoms with Crippen LogP contribution in [-0.2, 0) is 16.0 Å². The lowest BCUT2D eigenvalue weighted by Gasteiger charge is -2.37. The molecule has 0 radical (unpaired) electrons. The van der Waals surface area contributed by atoms with E-state index in [1.807, 2.05) is 24.3 Å². The van der Waals surface area contributed by atoms with E-state index >= 15 is 0 Å². The van der Waals surface area contributed by atoms with E-state index in [1.165, 1.54) is 0 Å². The van der Waals surface area contributed by atoms with Crippen molar-refractivity contribution in [1.82, 2.24) is 0 Å². The van der Waals surface area contributed by atoms with Gasteiger partial charge in [-0.25, -0.2) is 0 Å². The number of anilines is 1. The molecule has 1 unspecified atom stereocenters. The van der Waals surface area contributed by atoms with E-state index in [0.29, 0.717) is 13.2 Å². The van der Waals surface area contributed by atoms with Crippen LogP contribution in [0, 0.1) is 0 Å². The van der Waals surface area contributed by atoms with Gasteiger partial charge >= 0.3 is 0 Å². The second-order valence-electron chi connectivity index (χ2n) is 3.93. The van der Waals surface area contributed by atoms with Crippen LogP contribution < -0.4 is 10.6 Å². The third-order valence-corrected chi connectivity index (χ3v) is 2.82. The minimum atomic E-state index is -0.324. The topological polar surface area (TPSA) is 55.6 Å². The van der Waals surface area contributed by atoms with Gasteiger partial charge < -0.3 is 15.4 Å². The van der Waals surface area contributed by atoms with Gasteiger partial charge in [-0.05, 0) is 18.1 Å². The molecule has 0 saturated carbocycles. The molecule has 1 aromatic rings. The van der Waals surface area contributed by atoms with Gasteiger partial charge in [-0.1, -0.05) is 18.2 Å². The predicted octanol–water partition coefficient (Wildman–Crippen LogP) is 0.549. The lowest BCUT2D eigenvalue weighted by atomic mass is 10.0. The number of para-hydroxylation sites is 1. The molecule has 1 saturated heterocycles. The summed E-state index contributed by atoms with van der Waals surface area (Å²) in [4.78, 5) is 13.3. The Kier molecular flexibility index (Phi) is 3.22. The first-order chi connectivity index (χ1) is 7.74. The van der Waals surface area contributed by atoms with Gasteiger partial charge in [0, 0.05) is 12.8 Å². The Bertz CT molecular complexity index is 392. The Balaban J connectivity index is 2.17. The van der Waals surface area contributed by atoms with Crippen molar-refractivity contribution in [3.05, 3.63) is 29.8 Å². The average molecular weight is 220 g/mol. The highest BCUT2D eigenvalue weighted by atomic mass is 16.5. The molecule has 1 atom stereocenters. The van der Waals surface area contributed by atoms with Gasteiger partial charge in [-0.3, -0.25) is 4.79 Å². The SMILES string of the molecule is COCCc1ccccc1N1CC(N)C1=O. The minimum absolute atomic E-state index is 0.00451. The highest BCUT2D eigenvalue weighted by molar-refractivity contribution is 6.04.